The van der Waals surface area contributed by atoms with Crippen molar-refractivity contribution in [1.82, 2.24) is 4.90 Å². The maximum Gasteiger partial charge on any atom is 0.223 e. The van der Waals surface area contributed by atoms with E-state index in [2.05, 4.69) is 19.6 Å². The fourth-order valence-electron chi connectivity index (χ4n) is 3.45. The molecule has 1 saturated heterocycles. The standard InChI is InChI=1S/C16H19NO2/c1-4-7-19-13-6-5-10(2)12-8-11-9-14(18)17(3)16(11)15(12)13/h4-6,11,16H,1,7-9H2,2-3H3. The maximum absolute atomic E-state index is 11.9. The lowest BCUT2D eigenvalue weighted by atomic mass is 10.0. The number of fused-ring (bicyclic) bond motifs is 3. The Morgan fingerprint density at radius 3 is 3.00 bits per heavy atom. The van der Waals surface area contributed by atoms with Gasteiger partial charge in [-0.3, -0.25) is 4.79 Å². The van der Waals surface area contributed by atoms with Crippen molar-refractivity contribution in [2.45, 2.75) is 25.8 Å². The van der Waals surface area contributed by atoms with Gasteiger partial charge in [0.05, 0.1) is 6.04 Å². The first-order valence-corrected chi connectivity index (χ1v) is 6.75. The summed E-state index contributed by atoms with van der Waals surface area (Å²) in [5, 5.41) is 0. The minimum atomic E-state index is 0.196. The van der Waals surface area contributed by atoms with Crippen molar-refractivity contribution >= 4 is 5.91 Å². The van der Waals surface area contributed by atoms with E-state index in [1.54, 1.807) is 6.08 Å². The van der Waals surface area contributed by atoms with Gasteiger partial charge >= 0.3 is 0 Å². The predicted molar refractivity (Wildman–Crippen MR) is 74.2 cm³/mol. The van der Waals surface area contributed by atoms with E-state index < -0.39 is 0 Å². The number of likely N-dealkylation sites (tertiary alicyclic amines) is 1. The van der Waals surface area contributed by atoms with Crippen LogP contribution in [0.4, 0.5) is 0 Å². The van der Waals surface area contributed by atoms with Crippen LogP contribution in [-0.2, 0) is 11.2 Å². The molecular weight excluding hydrogens is 238 g/mol. The first-order valence-electron chi connectivity index (χ1n) is 6.75. The van der Waals surface area contributed by atoms with E-state index in [0.717, 1.165) is 12.2 Å². The lowest BCUT2D eigenvalue weighted by molar-refractivity contribution is -0.127. The molecule has 2 aliphatic rings. The number of carbonyl (C=O) groups is 1. The van der Waals surface area contributed by atoms with E-state index in [4.69, 9.17) is 4.74 Å². The molecule has 1 aliphatic heterocycles. The van der Waals surface area contributed by atoms with Gasteiger partial charge in [-0.2, -0.15) is 0 Å². The van der Waals surface area contributed by atoms with Gasteiger partial charge in [0.2, 0.25) is 5.91 Å². The van der Waals surface area contributed by atoms with Crippen LogP contribution in [-0.4, -0.2) is 24.5 Å². The molecule has 0 bridgehead atoms. The third-order valence-corrected chi connectivity index (χ3v) is 4.36. The molecule has 1 aliphatic carbocycles. The summed E-state index contributed by atoms with van der Waals surface area (Å²) in [6, 6.07) is 4.33. The van der Waals surface area contributed by atoms with Gasteiger partial charge in [0.15, 0.2) is 0 Å². The van der Waals surface area contributed by atoms with Crippen LogP contribution in [0.3, 0.4) is 0 Å². The Labute approximate surface area is 113 Å². The molecule has 0 aromatic heterocycles. The molecule has 2 atom stereocenters. The number of nitrogens with zero attached hydrogens (tertiary/aromatic N) is 1. The molecule has 1 amide bonds. The largest absolute Gasteiger partial charge is 0.489 e. The highest BCUT2D eigenvalue weighted by Gasteiger charge is 2.45. The van der Waals surface area contributed by atoms with E-state index in [0.29, 0.717) is 18.9 Å². The van der Waals surface area contributed by atoms with Crippen molar-refractivity contribution in [3.8, 4) is 5.75 Å². The third kappa shape index (κ3) is 1.76. The molecule has 1 fully saturated rings. The van der Waals surface area contributed by atoms with Crippen LogP contribution in [0, 0.1) is 12.8 Å². The summed E-state index contributed by atoms with van der Waals surface area (Å²) < 4.78 is 5.79. The van der Waals surface area contributed by atoms with Gasteiger partial charge in [-0.15, -0.1) is 0 Å². The van der Waals surface area contributed by atoms with Crippen LogP contribution in [0.25, 0.3) is 0 Å². The molecule has 3 nitrogen and oxygen atoms in total. The van der Waals surface area contributed by atoms with Gasteiger partial charge < -0.3 is 9.64 Å². The van der Waals surface area contributed by atoms with Gasteiger partial charge in [-0.05, 0) is 36.5 Å². The Morgan fingerprint density at radius 1 is 1.47 bits per heavy atom. The Bertz CT molecular complexity index is 550. The third-order valence-electron chi connectivity index (χ3n) is 4.36. The molecule has 1 heterocycles. The summed E-state index contributed by atoms with van der Waals surface area (Å²) in [4.78, 5) is 13.8. The molecule has 3 heteroatoms. The van der Waals surface area contributed by atoms with Crippen molar-refractivity contribution < 1.29 is 9.53 Å². The molecule has 0 saturated carbocycles. The van der Waals surface area contributed by atoms with Crippen molar-refractivity contribution in [2.75, 3.05) is 13.7 Å². The number of ether oxygens (including phenoxy) is 1. The first kappa shape index (κ1) is 12.3. The van der Waals surface area contributed by atoms with Crippen molar-refractivity contribution in [2.24, 2.45) is 5.92 Å². The fraction of sp³-hybridized carbons (Fsp3) is 0.438. The van der Waals surface area contributed by atoms with Crippen LogP contribution >= 0.6 is 0 Å². The number of benzene rings is 1. The van der Waals surface area contributed by atoms with Gasteiger partial charge in [0.25, 0.3) is 0 Å². The Balaban J connectivity index is 2.06. The van der Waals surface area contributed by atoms with E-state index in [1.165, 1.54) is 16.7 Å². The quantitative estimate of drug-likeness (QED) is 0.779. The lowest BCUT2D eigenvalue weighted by Gasteiger charge is -2.22. The molecule has 2 unspecified atom stereocenters. The summed E-state index contributed by atoms with van der Waals surface area (Å²) >= 11 is 0. The zero-order valence-electron chi connectivity index (χ0n) is 11.5. The molecular formula is C16H19NO2. The number of carbonyl (C=O) groups excluding carboxylic acids is 1. The minimum absolute atomic E-state index is 0.196. The Hall–Kier alpha value is -1.77. The second-order valence-corrected chi connectivity index (χ2v) is 5.49. The molecule has 100 valence electrons. The number of rotatable bonds is 3. The van der Waals surface area contributed by atoms with E-state index in [9.17, 15) is 4.79 Å². The fourth-order valence-corrected chi connectivity index (χ4v) is 3.45. The maximum atomic E-state index is 11.9. The number of amides is 1. The van der Waals surface area contributed by atoms with Gasteiger partial charge in [-0.25, -0.2) is 0 Å². The van der Waals surface area contributed by atoms with Crippen molar-refractivity contribution in [3.63, 3.8) is 0 Å². The summed E-state index contributed by atoms with van der Waals surface area (Å²) in [5.41, 5.74) is 3.90. The monoisotopic (exact) mass is 257 g/mol. The molecule has 0 N–H and O–H groups in total. The molecule has 0 radical (unpaired) electrons. The highest BCUT2D eigenvalue weighted by atomic mass is 16.5. The Kier molecular flexibility index (Phi) is 2.85. The summed E-state index contributed by atoms with van der Waals surface area (Å²) in [5.74, 6) is 1.58. The lowest BCUT2D eigenvalue weighted by Crippen LogP contribution is -2.23. The molecule has 3 rings (SSSR count). The normalized spacial score (nSPS) is 24.3. The van der Waals surface area contributed by atoms with Gasteiger partial charge in [0.1, 0.15) is 12.4 Å². The topological polar surface area (TPSA) is 29.5 Å². The van der Waals surface area contributed by atoms with Crippen LogP contribution in [0.15, 0.2) is 24.8 Å². The first-order chi connectivity index (χ1) is 9.13. The van der Waals surface area contributed by atoms with Crippen molar-refractivity contribution in [3.05, 3.63) is 41.5 Å². The highest BCUT2D eigenvalue weighted by molar-refractivity contribution is 5.80. The van der Waals surface area contributed by atoms with Gasteiger partial charge in [0, 0.05) is 19.0 Å². The molecule has 1 aromatic carbocycles. The van der Waals surface area contributed by atoms with Crippen molar-refractivity contribution in [1.29, 1.82) is 0 Å². The average Bonchev–Trinajstić information content (AvgIpc) is 2.88. The molecule has 0 spiro atoms. The van der Waals surface area contributed by atoms with Crippen LogP contribution in [0.5, 0.6) is 5.75 Å². The van der Waals surface area contributed by atoms with E-state index in [1.807, 2.05) is 18.0 Å². The molecule has 1 aromatic rings. The second-order valence-electron chi connectivity index (χ2n) is 5.49. The van der Waals surface area contributed by atoms with Gasteiger partial charge in [-0.1, -0.05) is 18.7 Å². The number of hydrogen-bond acceptors (Lipinski definition) is 2. The van der Waals surface area contributed by atoms with Crippen LogP contribution in [0.1, 0.15) is 29.2 Å². The van der Waals surface area contributed by atoms with E-state index in [-0.39, 0.29) is 11.9 Å². The zero-order valence-corrected chi connectivity index (χ0v) is 11.5. The number of aryl methyl sites for hydroxylation is 1. The summed E-state index contributed by atoms with van der Waals surface area (Å²) in [6.07, 6.45) is 3.41. The SMILES string of the molecule is C=CCOc1ccc(C)c2c1C1C(CC(=O)N1C)C2. The second kappa shape index (κ2) is 4.41. The highest BCUT2D eigenvalue weighted by Crippen LogP contribution is 2.50. The zero-order chi connectivity index (χ0) is 13.6. The van der Waals surface area contributed by atoms with E-state index >= 15 is 0 Å². The number of hydrogen-bond donors (Lipinski definition) is 0. The van der Waals surface area contributed by atoms with Crippen LogP contribution in [0.2, 0.25) is 0 Å². The molecule has 19 heavy (non-hydrogen) atoms. The smallest absolute Gasteiger partial charge is 0.223 e. The van der Waals surface area contributed by atoms with Crippen LogP contribution < -0.4 is 4.74 Å². The Morgan fingerprint density at radius 2 is 2.26 bits per heavy atom. The predicted octanol–water partition coefficient (Wildman–Crippen LogP) is 2.64. The summed E-state index contributed by atoms with van der Waals surface area (Å²) in [7, 11) is 1.90. The minimum Gasteiger partial charge on any atom is -0.489 e. The summed E-state index contributed by atoms with van der Waals surface area (Å²) in [6.45, 7) is 6.33. The average molecular weight is 257 g/mol.